The zero-order valence-electron chi connectivity index (χ0n) is 12.2. The summed E-state index contributed by atoms with van der Waals surface area (Å²) < 4.78 is 3.21. The number of nitrogens with zero attached hydrogens (tertiary/aromatic N) is 5. The predicted molar refractivity (Wildman–Crippen MR) is 76.0 cm³/mol. The summed E-state index contributed by atoms with van der Waals surface area (Å²) >= 11 is 0. The predicted octanol–water partition coefficient (Wildman–Crippen LogP) is 0.170. The Balaban J connectivity index is 1.70. The minimum absolute atomic E-state index is 0.0946. The van der Waals surface area contributed by atoms with Gasteiger partial charge in [-0.1, -0.05) is 0 Å². The van der Waals surface area contributed by atoms with Gasteiger partial charge in [-0.3, -0.25) is 9.48 Å². The Labute approximate surface area is 122 Å². The van der Waals surface area contributed by atoms with Crippen LogP contribution in [0.2, 0.25) is 0 Å². The molecule has 8 heteroatoms. The number of carbonyl (C=O) groups is 1. The Kier molecular flexibility index (Phi) is 3.36. The van der Waals surface area contributed by atoms with Crippen molar-refractivity contribution in [3.63, 3.8) is 0 Å². The largest absolute Gasteiger partial charge is 0.384 e. The van der Waals surface area contributed by atoms with E-state index in [0.29, 0.717) is 11.7 Å². The van der Waals surface area contributed by atoms with Crippen molar-refractivity contribution < 1.29 is 4.79 Å². The summed E-state index contributed by atoms with van der Waals surface area (Å²) in [4.78, 5) is 16.5. The summed E-state index contributed by atoms with van der Waals surface area (Å²) in [6.07, 6.45) is 3.70. The Bertz CT molecular complexity index is 655. The summed E-state index contributed by atoms with van der Waals surface area (Å²) in [5.41, 5.74) is 6.60. The van der Waals surface area contributed by atoms with Crippen molar-refractivity contribution in [2.75, 3.05) is 5.73 Å². The molecule has 0 spiro atoms. The third-order valence-electron chi connectivity index (χ3n) is 3.66. The molecule has 1 unspecified atom stereocenters. The van der Waals surface area contributed by atoms with E-state index < -0.39 is 0 Å². The first-order valence-corrected chi connectivity index (χ1v) is 6.98. The van der Waals surface area contributed by atoms with Crippen LogP contribution in [0.1, 0.15) is 30.4 Å². The van der Waals surface area contributed by atoms with Crippen molar-refractivity contribution in [1.82, 2.24) is 29.9 Å². The van der Waals surface area contributed by atoms with Gasteiger partial charge in [0.1, 0.15) is 24.5 Å². The molecule has 0 bridgehead atoms. The van der Waals surface area contributed by atoms with Gasteiger partial charge in [-0.15, -0.1) is 0 Å². The maximum Gasteiger partial charge on any atom is 0.242 e. The summed E-state index contributed by atoms with van der Waals surface area (Å²) in [6.45, 7) is 1.96. The van der Waals surface area contributed by atoms with Gasteiger partial charge in [-0.25, -0.2) is 9.67 Å². The average molecular weight is 289 g/mol. The number of aryl methyl sites for hydroxylation is 2. The molecule has 3 N–H and O–H groups in total. The lowest BCUT2D eigenvalue weighted by Crippen LogP contribution is -2.34. The molecule has 0 aromatic carbocycles. The molecule has 2 heterocycles. The van der Waals surface area contributed by atoms with Crippen molar-refractivity contribution in [2.45, 2.75) is 32.4 Å². The second-order valence-corrected chi connectivity index (χ2v) is 5.49. The minimum atomic E-state index is -0.121. The molecule has 8 nitrogen and oxygen atoms in total. The quantitative estimate of drug-likeness (QED) is 0.816. The number of hydrogen-bond donors (Lipinski definition) is 2. The Morgan fingerprint density at radius 3 is 2.86 bits per heavy atom. The molecule has 2 aromatic rings. The standard InChI is InChI=1S/C13H19N7O/c1-8-5-10(14)20(18-8)6-11(21)17-12(9-3-4-9)13-15-7-16-19(13)2/h5,7,9,12H,3-4,6,14H2,1-2H3,(H,17,21). The summed E-state index contributed by atoms with van der Waals surface area (Å²) in [6, 6.07) is 1.65. The normalized spacial score (nSPS) is 15.9. The van der Waals surface area contributed by atoms with Gasteiger partial charge in [0.15, 0.2) is 0 Å². The molecule has 1 fully saturated rings. The zero-order valence-corrected chi connectivity index (χ0v) is 12.2. The van der Waals surface area contributed by atoms with Crippen LogP contribution in [0.5, 0.6) is 0 Å². The fraction of sp³-hybridized carbons (Fsp3) is 0.538. The molecular weight excluding hydrogens is 270 g/mol. The van der Waals surface area contributed by atoms with Gasteiger partial charge in [-0.05, 0) is 25.7 Å². The highest BCUT2D eigenvalue weighted by Gasteiger charge is 2.36. The van der Waals surface area contributed by atoms with E-state index in [0.717, 1.165) is 24.4 Å². The van der Waals surface area contributed by atoms with Crippen molar-refractivity contribution in [3.8, 4) is 0 Å². The van der Waals surface area contributed by atoms with E-state index in [1.54, 1.807) is 10.7 Å². The van der Waals surface area contributed by atoms with Crippen molar-refractivity contribution in [2.24, 2.45) is 13.0 Å². The smallest absolute Gasteiger partial charge is 0.242 e. The minimum Gasteiger partial charge on any atom is -0.384 e. The first-order chi connectivity index (χ1) is 10.0. The fourth-order valence-corrected chi connectivity index (χ4v) is 2.46. The van der Waals surface area contributed by atoms with Crippen LogP contribution in [0, 0.1) is 12.8 Å². The van der Waals surface area contributed by atoms with E-state index in [4.69, 9.17) is 5.73 Å². The van der Waals surface area contributed by atoms with E-state index in [1.807, 2.05) is 14.0 Å². The zero-order chi connectivity index (χ0) is 15.0. The second-order valence-electron chi connectivity index (χ2n) is 5.49. The van der Waals surface area contributed by atoms with Crippen LogP contribution >= 0.6 is 0 Å². The van der Waals surface area contributed by atoms with E-state index >= 15 is 0 Å². The van der Waals surface area contributed by atoms with Gasteiger partial charge in [0.25, 0.3) is 0 Å². The molecule has 1 saturated carbocycles. The Morgan fingerprint density at radius 2 is 2.33 bits per heavy atom. The topological polar surface area (TPSA) is 104 Å². The molecule has 1 atom stereocenters. The second kappa shape index (κ2) is 5.19. The van der Waals surface area contributed by atoms with E-state index in [1.165, 1.54) is 11.0 Å². The number of nitrogens with two attached hydrogens (primary N) is 1. The lowest BCUT2D eigenvalue weighted by Gasteiger charge is -2.17. The van der Waals surface area contributed by atoms with Gasteiger partial charge >= 0.3 is 0 Å². The lowest BCUT2D eigenvalue weighted by atomic mass is 10.1. The van der Waals surface area contributed by atoms with E-state index in [-0.39, 0.29) is 18.5 Å². The van der Waals surface area contributed by atoms with Crippen molar-refractivity contribution >= 4 is 11.7 Å². The molecule has 3 rings (SSSR count). The monoisotopic (exact) mass is 289 g/mol. The summed E-state index contributed by atoms with van der Waals surface area (Å²) in [5.74, 6) is 1.60. The first-order valence-electron chi connectivity index (χ1n) is 6.98. The Hall–Kier alpha value is -2.38. The summed E-state index contributed by atoms with van der Waals surface area (Å²) in [5, 5.41) is 11.3. The van der Waals surface area contributed by atoms with Crippen LogP contribution in [-0.2, 0) is 18.4 Å². The molecule has 112 valence electrons. The molecular formula is C13H19N7O. The van der Waals surface area contributed by atoms with Gasteiger partial charge in [0, 0.05) is 13.1 Å². The number of carbonyl (C=O) groups excluding carboxylic acids is 1. The number of aromatic nitrogens is 5. The third-order valence-corrected chi connectivity index (χ3v) is 3.66. The van der Waals surface area contributed by atoms with Gasteiger partial charge in [0.05, 0.1) is 11.7 Å². The van der Waals surface area contributed by atoms with Crippen molar-refractivity contribution in [3.05, 3.63) is 23.9 Å². The number of amides is 1. The Morgan fingerprint density at radius 1 is 1.57 bits per heavy atom. The SMILES string of the molecule is Cc1cc(N)n(CC(=O)NC(c2ncnn2C)C2CC2)n1. The maximum atomic E-state index is 12.2. The molecule has 1 aliphatic carbocycles. The van der Waals surface area contributed by atoms with E-state index in [9.17, 15) is 4.79 Å². The highest BCUT2D eigenvalue weighted by molar-refractivity contribution is 5.76. The van der Waals surface area contributed by atoms with Gasteiger partial charge in [-0.2, -0.15) is 10.2 Å². The number of hydrogen-bond acceptors (Lipinski definition) is 5. The average Bonchev–Trinajstić information content (AvgIpc) is 3.10. The van der Waals surface area contributed by atoms with E-state index in [2.05, 4.69) is 20.5 Å². The molecule has 1 amide bonds. The highest BCUT2D eigenvalue weighted by Crippen LogP contribution is 2.40. The van der Waals surface area contributed by atoms with Gasteiger partial charge < -0.3 is 11.1 Å². The van der Waals surface area contributed by atoms with Crippen molar-refractivity contribution in [1.29, 1.82) is 0 Å². The molecule has 1 aliphatic rings. The molecule has 2 aromatic heterocycles. The molecule has 21 heavy (non-hydrogen) atoms. The van der Waals surface area contributed by atoms with Crippen LogP contribution < -0.4 is 11.1 Å². The number of nitrogens with one attached hydrogen (secondary N) is 1. The van der Waals surface area contributed by atoms with Gasteiger partial charge in [0.2, 0.25) is 5.91 Å². The molecule has 0 saturated heterocycles. The highest BCUT2D eigenvalue weighted by atomic mass is 16.2. The number of nitrogen functional groups attached to an aromatic ring is 1. The van der Waals surface area contributed by atoms with Crippen LogP contribution in [0.25, 0.3) is 0 Å². The summed E-state index contributed by atoms with van der Waals surface area (Å²) in [7, 11) is 1.83. The number of rotatable bonds is 5. The first kappa shape index (κ1) is 13.6. The third kappa shape index (κ3) is 2.88. The maximum absolute atomic E-state index is 12.2. The fourth-order valence-electron chi connectivity index (χ4n) is 2.46. The lowest BCUT2D eigenvalue weighted by molar-refractivity contribution is -0.122. The number of anilines is 1. The van der Waals surface area contributed by atoms with Crippen LogP contribution in [0.4, 0.5) is 5.82 Å². The van der Waals surface area contributed by atoms with Crippen LogP contribution in [0.3, 0.4) is 0 Å². The van der Waals surface area contributed by atoms with Crippen LogP contribution in [0.15, 0.2) is 12.4 Å². The van der Waals surface area contributed by atoms with Crippen LogP contribution in [-0.4, -0.2) is 30.5 Å². The molecule has 0 aliphatic heterocycles. The molecule has 0 radical (unpaired) electrons.